The fourth-order valence-corrected chi connectivity index (χ4v) is 5.48. The SMILES string of the molecule is CCSCCOC(=O)C1=C(C)NC2=C(C(=O)C[C@H](c3ccc(OC)cc3)C2)[C@H]1c1cccc([N+](=O)[O-])c1. The Bertz CT molecular complexity index is 1270. The Balaban J connectivity index is 1.73. The zero-order valence-electron chi connectivity index (χ0n) is 21.1. The molecule has 0 saturated heterocycles. The van der Waals surface area contributed by atoms with E-state index in [1.165, 1.54) is 12.1 Å². The van der Waals surface area contributed by atoms with Crippen LogP contribution in [0.1, 0.15) is 49.7 Å². The highest BCUT2D eigenvalue weighted by Gasteiger charge is 2.41. The Labute approximate surface area is 220 Å². The number of dihydropyridines is 1. The van der Waals surface area contributed by atoms with Crippen molar-refractivity contribution in [3.8, 4) is 5.75 Å². The number of ketones is 1. The van der Waals surface area contributed by atoms with Gasteiger partial charge in [-0.25, -0.2) is 4.79 Å². The molecule has 0 unspecified atom stereocenters. The van der Waals surface area contributed by atoms with E-state index in [2.05, 4.69) is 5.32 Å². The normalized spacial score (nSPS) is 19.3. The minimum absolute atomic E-state index is 0.0391. The van der Waals surface area contributed by atoms with Crippen LogP contribution in [-0.2, 0) is 14.3 Å². The lowest BCUT2D eigenvalue weighted by atomic mass is 9.71. The lowest BCUT2D eigenvalue weighted by molar-refractivity contribution is -0.384. The number of nitro groups is 1. The average molecular weight is 523 g/mol. The molecule has 0 aromatic heterocycles. The summed E-state index contributed by atoms with van der Waals surface area (Å²) < 4.78 is 10.8. The van der Waals surface area contributed by atoms with E-state index in [1.807, 2.05) is 31.2 Å². The van der Waals surface area contributed by atoms with Gasteiger partial charge in [0.15, 0.2) is 5.78 Å². The molecule has 2 atom stereocenters. The van der Waals surface area contributed by atoms with Crippen molar-refractivity contribution < 1.29 is 24.0 Å². The van der Waals surface area contributed by atoms with E-state index >= 15 is 0 Å². The molecule has 0 saturated carbocycles. The third-order valence-corrected chi connectivity index (χ3v) is 7.58. The summed E-state index contributed by atoms with van der Waals surface area (Å²) >= 11 is 1.66. The Morgan fingerprint density at radius 3 is 2.59 bits per heavy atom. The van der Waals surface area contributed by atoms with Crippen molar-refractivity contribution in [3.05, 3.63) is 92.3 Å². The van der Waals surface area contributed by atoms with Crippen LogP contribution in [0, 0.1) is 10.1 Å². The Morgan fingerprint density at radius 2 is 1.92 bits per heavy atom. The second kappa shape index (κ2) is 11.6. The van der Waals surface area contributed by atoms with Crippen LogP contribution in [0.4, 0.5) is 5.69 Å². The summed E-state index contributed by atoms with van der Waals surface area (Å²) in [7, 11) is 1.61. The van der Waals surface area contributed by atoms with E-state index in [-0.39, 0.29) is 30.4 Å². The van der Waals surface area contributed by atoms with Gasteiger partial charge in [-0.2, -0.15) is 11.8 Å². The molecule has 8 nitrogen and oxygen atoms in total. The molecule has 1 N–H and O–H groups in total. The van der Waals surface area contributed by atoms with Crippen molar-refractivity contribution in [3.63, 3.8) is 0 Å². The van der Waals surface area contributed by atoms with Gasteiger partial charge in [-0.15, -0.1) is 0 Å². The van der Waals surface area contributed by atoms with Crippen molar-refractivity contribution in [1.82, 2.24) is 5.32 Å². The molecule has 9 heteroatoms. The maximum atomic E-state index is 13.7. The molecule has 1 heterocycles. The molecule has 1 aliphatic carbocycles. The number of ether oxygens (including phenoxy) is 2. The number of thioether (sulfide) groups is 1. The molecular weight excluding hydrogens is 492 g/mol. The summed E-state index contributed by atoms with van der Waals surface area (Å²) in [6.07, 6.45) is 0.846. The number of allylic oxidation sites excluding steroid dienone is 3. The van der Waals surface area contributed by atoms with Gasteiger partial charge in [0.2, 0.25) is 0 Å². The summed E-state index contributed by atoms with van der Waals surface area (Å²) in [5, 5.41) is 14.8. The first-order chi connectivity index (χ1) is 17.8. The van der Waals surface area contributed by atoms with Gasteiger partial charge in [0, 0.05) is 47.2 Å². The number of benzene rings is 2. The summed E-state index contributed by atoms with van der Waals surface area (Å²) in [6.45, 7) is 4.06. The van der Waals surface area contributed by atoms with Crippen LogP contribution in [0.5, 0.6) is 5.75 Å². The average Bonchev–Trinajstić information content (AvgIpc) is 2.90. The standard InChI is InChI=1S/C28H30N2O6S/c1-4-37-13-12-36-28(32)25-17(2)29-23-15-20(18-8-10-22(35-3)11-9-18)16-24(31)27(23)26(25)19-6-5-7-21(14-19)30(33)34/h5-11,14,20,26,29H,4,12-13,15-16H2,1-3H3/t20-,26+/m1/s1. The van der Waals surface area contributed by atoms with Gasteiger partial charge in [-0.1, -0.05) is 31.2 Å². The van der Waals surface area contributed by atoms with Crippen molar-refractivity contribution in [2.75, 3.05) is 25.2 Å². The molecule has 0 amide bonds. The molecule has 2 aromatic rings. The number of hydrogen-bond acceptors (Lipinski definition) is 8. The number of carbonyl (C=O) groups is 2. The number of nitrogens with zero attached hydrogens (tertiary/aromatic N) is 1. The second-order valence-corrected chi connectivity index (χ2v) is 10.4. The van der Waals surface area contributed by atoms with Crippen molar-refractivity contribution in [1.29, 1.82) is 0 Å². The van der Waals surface area contributed by atoms with Crippen LogP contribution in [-0.4, -0.2) is 41.9 Å². The van der Waals surface area contributed by atoms with Crippen LogP contribution in [0.3, 0.4) is 0 Å². The summed E-state index contributed by atoms with van der Waals surface area (Å²) in [4.78, 5) is 38.0. The first kappa shape index (κ1) is 26.5. The molecular formula is C28H30N2O6S. The molecule has 0 bridgehead atoms. The van der Waals surface area contributed by atoms with Gasteiger partial charge < -0.3 is 14.8 Å². The summed E-state index contributed by atoms with van der Waals surface area (Å²) in [6, 6.07) is 13.8. The van der Waals surface area contributed by atoms with Crippen molar-refractivity contribution in [2.45, 2.75) is 38.5 Å². The lowest BCUT2D eigenvalue weighted by Gasteiger charge is -2.36. The van der Waals surface area contributed by atoms with Gasteiger partial charge in [0.25, 0.3) is 5.69 Å². The van der Waals surface area contributed by atoms with E-state index in [0.717, 1.165) is 22.8 Å². The molecule has 0 fully saturated rings. The topological polar surface area (TPSA) is 108 Å². The molecule has 194 valence electrons. The van der Waals surface area contributed by atoms with Gasteiger partial charge in [-0.05, 0) is 48.3 Å². The summed E-state index contributed by atoms with van der Waals surface area (Å²) in [5.41, 5.74) is 3.57. The zero-order chi connectivity index (χ0) is 26.5. The Kier molecular flexibility index (Phi) is 8.33. The number of methoxy groups -OCH3 is 1. The highest BCUT2D eigenvalue weighted by molar-refractivity contribution is 7.99. The zero-order valence-corrected chi connectivity index (χ0v) is 21.9. The predicted octanol–water partition coefficient (Wildman–Crippen LogP) is 5.26. The Hall–Kier alpha value is -3.59. The van der Waals surface area contributed by atoms with Crippen LogP contribution >= 0.6 is 11.8 Å². The number of esters is 1. The quantitative estimate of drug-likeness (QED) is 0.206. The van der Waals surface area contributed by atoms with Crippen LogP contribution in [0.15, 0.2) is 71.1 Å². The van der Waals surface area contributed by atoms with Crippen LogP contribution < -0.4 is 10.1 Å². The van der Waals surface area contributed by atoms with Gasteiger partial charge in [0.05, 0.1) is 17.6 Å². The minimum atomic E-state index is -0.744. The Morgan fingerprint density at radius 1 is 1.16 bits per heavy atom. The highest BCUT2D eigenvalue weighted by Crippen LogP contribution is 2.46. The fourth-order valence-electron chi connectivity index (χ4n) is 4.99. The number of hydrogen-bond donors (Lipinski definition) is 1. The smallest absolute Gasteiger partial charge is 0.336 e. The lowest BCUT2D eigenvalue weighted by Crippen LogP contribution is -2.36. The van der Waals surface area contributed by atoms with Crippen molar-refractivity contribution in [2.24, 2.45) is 0 Å². The van der Waals surface area contributed by atoms with Gasteiger partial charge >= 0.3 is 5.97 Å². The van der Waals surface area contributed by atoms with Crippen molar-refractivity contribution >= 4 is 29.2 Å². The van der Waals surface area contributed by atoms with Crippen LogP contribution in [0.2, 0.25) is 0 Å². The van der Waals surface area contributed by atoms with E-state index < -0.39 is 16.8 Å². The first-order valence-electron chi connectivity index (χ1n) is 12.2. The van der Waals surface area contributed by atoms with Gasteiger partial charge in [0.1, 0.15) is 12.4 Å². The maximum Gasteiger partial charge on any atom is 0.336 e. The number of non-ortho nitro benzene ring substituents is 1. The first-order valence-corrected chi connectivity index (χ1v) is 13.4. The molecule has 2 aromatic carbocycles. The van der Waals surface area contributed by atoms with E-state index in [4.69, 9.17) is 9.47 Å². The predicted molar refractivity (Wildman–Crippen MR) is 143 cm³/mol. The maximum absolute atomic E-state index is 13.7. The van der Waals surface area contributed by atoms with Gasteiger partial charge in [-0.3, -0.25) is 14.9 Å². The number of carbonyl (C=O) groups excluding carboxylic acids is 2. The fraction of sp³-hybridized carbons (Fsp3) is 0.357. The highest BCUT2D eigenvalue weighted by atomic mass is 32.2. The number of rotatable bonds is 9. The monoisotopic (exact) mass is 522 g/mol. The molecule has 2 aliphatic rings. The number of nitro benzene ring substituents is 1. The molecule has 4 rings (SSSR count). The third kappa shape index (κ3) is 5.72. The van der Waals surface area contributed by atoms with Crippen LogP contribution in [0.25, 0.3) is 0 Å². The second-order valence-electron chi connectivity index (χ2n) is 8.98. The molecule has 0 radical (unpaired) electrons. The largest absolute Gasteiger partial charge is 0.497 e. The molecule has 0 spiro atoms. The molecule has 1 aliphatic heterocycles. The minimum Gasteiger partial charge on any atom is -0.497 e. The third-order valence-electron chi connectivity index (χ3n) is 6.71. The molecule has 37 heavy (non-hydrogen) atoms. The summed E-state index contributed by atoms with van der Waals surface area (Å²) in [5.74, 6) is 0.929. The van der Waals surface area contributed by atoms with E-state index in [9.17, 15) is 19.7 Å². The number of nitrogens with one attached hydrogen (secondary N) is 1. The van der Waals surface area contributed by atoms with E-state index in [0.29, 0.717) is 34.6 Å². The van der Waals surface area contributed by atoms with E-state index in [1.54, 1.807) is 37.9 Å². The number of Topliss-reactive ketones (excluding diaryl/α,β-unsaturated/α-hetero) is 1.